The van der Waals surface area contributed by atoms with E-state index in [-0.39, 0.29) is 30.8 Å². The van der Waals surface area contributed by atoms with E-state index in [0.717, 1.165) is 11.2 Å². The van der Waals surface area contributed by atoms with E-state index in [1.165, 1.54) is 11.9 Å². The van der Waals surface area contributed by atoms with E-state index in [0.29, 0.717) is 6.42 Å². The summed E-state index contributed by atoms with van der Waals surface area (Å²) in [4.78, 5) is 25.0. The lowest BCUT2D eigenvalue weighted by molar-refractivity contribution is -0.125. The number of nitrogens with zero attached hydrogens (tertiary/aromatic N) is 2. The van der Waals surface area contributed by atoms with E-state index < -0.39 is 9.84 Å². The summed E-state index contributed by atoms with van der Waals surface area (Å²) >= 11 is 0. The molecule has 7 heteroatoms. The highest BCUT2D eigenvalue weighted by molar-refractivity contribution is 7.90. The summed E-state index contributed by atoms with van der Waals surface area (Å²) in [5.74, 6) is -0.274. The number of sulfone groups is 1. The highest BCUT2D eigenvalue weighted by Gasteiger charge is 2.32. The first-order chi connectivity index (χ1) is 6.81. The largest absolute Gasteiger partial charge is 0.326 e. The maximum Gasteiger partial charge on any atom is 0.326 e. The van der Waals surface area contributed by atoms with Crippen LogP contribution in [0.15, 0.2) is 0 Å². The number of hydrogen-bond donors (Lipinski definition) is 0. The molecule has 6 nitrogen and oxygen atoms in total. The molecule has 0 bridgehead atoms. The zero-order chi connectivity index (χ0) is 11.6. The maximum absolute atomic E-state index is 11.4. The van der Waals surface area contributed by atoms with Crippen LogP contribution in [0, 0.1) is 0 Å². The fourth-order valence-corrected chi connectivity index (χ4v) is 2.03. The lowest BCUT2D eigenvalue weighted by Gasteiger charge is -2.13. The van der Waals surface area contributed by atoms with Crippen molar-refractivity contribution in [2.75, 3.05) is 32.1 Å². The van der Waals surface area contributed by atoms with Crippen LogP contribution in [-0.4, -0.2) is 62.3 Å². The molecule has 0 N–H and O–H groups in total. The van der Waals surface area contributed by atoms with Gasteiger partial charge >= 0.3 is 6.03 Å². The van der Waals surface area contributed by atoms with E-state index in [2.05, 4.69) is 0 Å². The van der Waals surface area contributed by atoms with Gasteiger partial charge in [-0.25, -0.2) is 13.2 Å². The van der Waals surface area contributed by atoms with Crippen molar-refractivity contribution in [1.82, 2.24) is 9.80 Å². The highest BCUT2D eigenvalue weighted by Crippen LogP contribution is 2.08. The van der Waals surface area contributed by atoms with Gasteiger partial charge in [0.1, 0.15) is 16.4 Å². The molecule has 1 aliphatic heterocycles. The summed E-state index contributed by atoms with van der Waals surface area (Å²) in [5.41, 5.74) is 0. The summed E-state index contributed by atoms with van der Waals surface area (Å²) in [6, 6.07) is -0.353. The van der Waals surface area contributed by atoms with Crippen LogP contribution in [-0.2, 0) is 14.6 Å². The van der Waals surface area contributed by atoms with Crippen molar-refractivity contribution in [3.05, 3.63) is 0 Å². The number of rotatable bonds is 4. The average Bonchev–Trinajstić information content (AvgIpc) is 2.29. The fourth-order valence-electron chi connectivity index (χ4n) is 1.37. The van der Waals surface area contributed by atoms with E-state index in [4.69, 9.17) is 0 Å². The third-order valence-electron chi connectivity index (χ3n) is 2.13. The molecule has 1 fully saturated rings. The first-order valence-corrected chi connectivity index (χ1v) is 6.60. The molecule has 1 saturated heterocycles. The molecule has 0 spiro atoms. The van der Waals surface area contributed by atoms with Crippen LogP contribution < -0.4 is 0 Å². The van der Waals surface area contributed by atoms with Gasteiger partial charge in [-0.05, 0) is 6.42 Å². The zero-order valence-electron chi connectivity index (χ0n) is 8.76. The zero-order valence-corrected chi connectivity index (χ0v) is 9.58. The van der Waals surface area contributed by atoms with Gasteiger partial charge in [0.05, 0.1) is 5.75 Å². The Labute approximate surface area is 88.8 Å². The molecule has 1 heterocycles. The van der Waals surface area contributed by atoms with E-state index in [9.17, 15) is 18.0 Å². The summed E-state index contributed by atoms with van der Waals surface area (Å²) < 4.78 is 21.7. The summed E-state index contributed by atoms with van der Waals surface area (Å²) in [5, 5.41) is 0. The Bertz CT molecular complexity index is 376. The van der Waals surface area contributed by atoms with Gasteiger partial charge in [0.15, 0.2) is 0 Å². The molecule has 0 aliphatic carbocycles. The molecule has 1 rings (SSSR count). The Morgan fingerprint density at radius 2 is 1.93 bits per heavy atom. The van der Waals surface area contributed by atoms with Crippen molar-refractivity contribution in [3.8, 4) is 0 Å². The lowest BCUT2D eigenvalue weighted by Crippen LogP contribution is -2.33. The van der Waals surface area contributed by atoms with Gasteiger partial charge in [0.2, 0.25) is 5.91 Å². The molecule has 86 valence electrons. The molecule has 0 atom stereocenters. The molecule has 3 amide bonds. The van der Waals surface area contributed by atoms with E-state index >= 15 is 0 Å². The monoisotopic (exact) mass is 234 g/mol. The third-order valence-corrected chi connectivity index (χ3v) is 3.16. The second-order valence-corrected chi connectivity index (χ2v) is 5.93. The maximum atomic E-state index is 11.4. The molecule has 15 heavy (non-hydrogen) atoms. The van der Waals surface area contributed by atoms with Gasteiger partial charge in [-0.3, -0.25) is 9.69 Å². The van der Waals surface area contributed by atoms with Crippen molar-refractivity contribution in [2.45, 2.75) is 6.42 Å². The van der Waals surface area contributed by atoms with Gasteiger partial charge < -0.3 is 4.90 Å². The molecule has 0 aromatic rings. The number of likely N-dealkylation sites (N-methyl/N-ethyl adjacent to an activating group) is 1. The number of urea groups is 1. The third kappa shape index (κ3) is 3.19. The minimum Gasteiger partial charge on any atom is -0.318 e. The molecule has 0 unspecified atom stereocenters. The first-order valence-electron chi connectivity index (χ1n) is 4.54. The van der Waals surface area contributed by atoms with Crippen molar-refractivity contribution >= 4 is 21.8 Å². The van der Waals surface area contributed by atoms with Gasteiger partial charge in [0.25, 0.3) is 0 Å². The molecular formula is C8H14N2O4S. The number of carbonyl (C=O) groups is 2. The lowest BCUT2D eigenvalue weighted by atomic mass is 10.4. The Balaban J connectivity index is 2.46. The van der Waals surface area contributed by atoms with Crippen LogP contribution in [0.25, 0.3) is 0 Å². The van der Waals surface area contributed by atoms with Gasteiger partial charge in [-0.1, -0.05) is 0 Å². The number of imide groups is 1. The van der Waals surface area contributed by atoms with E-state index in [1.54, 1.807) is 0 Å². The van der Waals surface area contributed by atoms with E-state index in [1.807, 2.05) is 0 Å². The topological polar surface area (TPSA) is 74.8 Å². The van der Waals surface area contributed by atoms with Crippen LogP contribution in [0.1, 0.15) is 6.42 Å². The van der Waals surface area contributed by atoms with Crippen molar-refractivity contribution in [1.29, 1.82) is 0 Å². The first kappa shape index (κ1) is 12.0. The Hall–Kier alpha value is -1.11. The van der Waals surface area contributed by atoms with Gasteiger partial charge in [-0.2, -0.15) is 0 Å². The van der Waals surface area contributed by atoms with Crippen molar-refractivity contribution in [2.24, 2.45) is 0 Å². The summed E-state index contributed by atoms with van der Waals surface area (Å²) in [7, 11) is -1.49. The Morgan fingerprint density at radius 1 is 1.33 bits per heavy atom. The molecule has 0 aromatic heterocycles. The van der Waals surface area contributed by atoms with Crippen LogP contribution in [0.3, 0.4) is 0 Å². The van der Waals surface area contributed by atoms with Crippen LogP contribution in [0.2, 0.25) is 0 Å². The standard InChI is InChI=1S/C8H14N2O4S/c1-9-6-7(11)10(8(9)12)4-3-5-15(2,13)14/h3-6H2,1-2H3. The smallest absolute Gasteiger partial charge is 0.318 e. The molecule has 0 aromatic carbocycles. The average molecular weight is 234 g/mol. The normalized spacial score (nSPS) is 17.7. The molecular weight excluding hydrogens is 220 g/mol. The molecule has 0 saturated carbocycles. The van der Waals surface area contributed by atoms with Crippen LogP contribution in [0.5, 0.6) is 0 Å². The SMILES string of the molecule is CN1CC(=O)N(CCCS(C)(=O)=O)C1=O. The number of carbonyl (C=O) groups excluding carboxylic acids is 2. The van der Waals surface area contributed by atoms with Gasteiger partial charge in [-0.15, -0.1) is 0 Å². The minimum absolute atomic E-state index is 0.00618. The second-order valence-electron chi connectivity index (χ2n) is 3.67. The van der Waals surface area contributed by atoms with Crippen LogP contribution >= 0.6 is 0 Å². The predicted octanol–water partition coefficient (Wildman–Crippen LogP) is -0.685. The Morgan fingerprint density at radius 3 is 2.33 bits per heavy atom. The number of amides is 3. The predicted molar refractivity (Wildman–Crippen MR) is 54.1 cm³/mol. The summed E-state index contributed by atoms with van der Waals surface area (Å²) in [6.45, 7) is 0.257. The quantitative estimate of drug-likeness (QED) is 0.604. The van der Waals surface area contributed by atoms with Crippen molar-refractivity contribution in [3.63, 3.8) is 0 Å². The fraction of sp³-hybridized carbons (Fsp3) is 0.750. The Kier molecular flexibility index (Phi) is 3.33. The molecule has 0 radical (unpaired) electrons. The minimum atomic E-state index is -3.03. The summed E-state index contributed by atoms with van der Waals surface area (Å²) in [6.07, 6.45) is 1.43. The van der Waals surface area contributed by atoms with Crippen molar-refractivity contribution < 1.29 is 18.0 Å². The second kappa shape index (κ2) is 4.18. The highest BCUT2D eigenvalue weighted by atomic mass is 32.2. The number of hydrogen-bond acceptors (Lipinski definition) is 4. The van der Waals surface area contributed by atoms with Crippen LogP contribution in [0.4, 0.5) is 4.79 Å². The molecule has 1 aliphatic rings. The van der Waals surface area contributed by atoms with Gasteiger partial charge in [0, 0.05) is 19.8 Å².